The number of amides is 1. The van der Waals surface area contributed by atoms with E-state index >= 15 is 0 Å². The van der Waals surface area contributed by atoms with Crippen molar-refractivity contribution in [2.75, 3.05) is 0 Å². The topological polar surface area (TPSA) is 76.2 Å². The van der Waals surface area contributed by atoms with Gasteiger partial charge in [0.05, 0.1) is 5.57 Å². The zero-order chi connectivity index (χ0) is 9.35. The zero-order valence-corrected chi connectivity index (χ0v) is 7.18. The molecular formula is C8H12N2O2. The zero-order valence-electron chi connectivity index (χ0n) is 7.18. The molecule has 0 bridgehead atoms. The molecule has 1 rings (SSSR count). The summed E-state index contributed by atoms with van der Waals surface area (Å²) in [6, 6.07) is 0. The van der Waals surface area contributed by atoms with E-state index in [0.29, 0.717) is 12.0 Å². The number of carbonyl (C=O) groups is 1. The van der Waals surface area contributed by atoms with Gasteiger partial charge in [-0.15, -0.1) is 0 Å². The number of primary amides is 1. The Labute approximate surface area is 70.9 Å². The molecule has 0 aromatic carbocycles. The highest BCUT2D eigenvalue weighted by Crippen LogP contribution is 2.30. The number of nitrogens with two attached hydrogens (primary N) is 1. The van der Waals surface area contributed by atoms with Crippen molar-refractivity contribution in [3.05, 3.63) is 11.6 Å². The van der Waals surface area contributed by atoms with E-state index in [9.17, 15) is 4.79 Å². The lowest BCUT2D eigenvalue weighted by atomic mass is 9.94. The van der Waals surface area contributed by atoms with E-state index in [1.54, 1.807) is 6.92 Å². The van der Waals surface area contributed by atoms with Crippen LogP contribution in [-0.4, -0.2) is 17.4 Å². The van der Waals surface area contributed by atoms with Crippen LogP contribution >= 0.6 is 0 Å². The molecule has 1 atom stereocenters. The second-order valence-corrected chi connectivity index (χ2v) is 2.97. The Hall–Kier alpha value is -1.32. The van der Waals surface area contributed by atoms with E-state index in [1.165, 1.54) is 6.08 Å². The van der Waals surface area contributed by atoms with Gasteiger partial charge in [0, 0.05) is 6.08 Å². The third kappa shape index (κ3) is 1.20. The average Bonchev–Trinajstić information content (AvgIpc) is 2.27. The molecule has 0 spiro atoms. The van der Waals surface area contributed by atoms with Crippen molar-refractivity contribution in [1.29, 1.82) is 5.41 Å². The minimum Gasteiger partial charge on any atom is -0.467 e. The van der Waals surface area contributed by atoms with Crippen LogP contribution < -0.4 is 5.73 Å². The average molecular weight is 168 g/mol. The molecule has 1 aliphatic rings. The lowest BCUT2D eigenvalue weighted by molar-refractivity contribution is -0.116. The Kier molecular flexibility index (Phi) is 1.92. The fourth-order valence-electron chi connectivity index (χ4n) is 1.21. The summed E-state index contributed by atoms with van der Waals surface area (Å²) in [6.07, 6.45) is 2.01. The summed E-state index contributed by atoms with van der Waals surface area (Å²) in [5.74, 6) is -0.505. The normalized spacial score (nSPS) is 28.2. The van der Waals surface area contributed by atoms with Crippen molar-refractivity contribution in [2.45, 2.75) is 25.9 Å². The molecule has 1 amide bonds. The van der Waals surface area contributed by atoms with E-state index in [1.807, 2.05) is 6.92 Å². The number of hydrogen-bond donors (Lipinski definition) is 2. The van der Waals surface area contributed by atoms with Crippen LogP contribution in [0.5, 0.6) is 0 Å². The Morgan fingerprint density at radius 2 is 2.42 bits per heavy atom. The monoisotopic (exact) mass is 168 g/mol. The Balaban J connectivity index is 3.02. The number of ether oxygens (including phenoxy) is 1. The summed E-state index contributed by atoms with van der Waals surface area (Å²) in [5, 5.41) is 7.22. The summed E-state index contributed by atoms with van der Waals surface area (Å²) in [5.41, 5.74) is 4.82. The molecule has 4 nitrogen and oxygen atoms in total. The van der Waals surface area contributed by atoms with Crippen LogP contribution in [0.2, 0.25) is 0 Å². The lowest BCUT2D eigenvalue weighted by Gasteiger charge is -2.23. The Morgan fingerprint density at radius 3 is 2.75 bits per heavy atom. The van der Waals surface area contributed by atoms with Gasteiger partial charge in [-0.1, -0.05) is 6.92 Å². The molecule has 0 saturated heterocycles. The third-order valence-electron chi connectivity index (χ3n) is 2.12. The van der Waals surface area contributed by atoms with Crippen molar-refractivity contribution in [2.24, 2.45) is 5.73 Å². The van der Waals surface area contributed by atoms with Crippen LogP contribution in [0.15, 0.2) is 11.6 Å². The molecular weight excluding hydrogens is 156 g/mol. The first kappa shape index (κ1) is 8.77. The molecule has 1 unspecified atom stereocenters. The molecule has 0 aliphatic carbocycles. The van der Waals surface area contributed by atoms with Gasteiger partial charge in [0.1, 0.15) is 5.60 Å². The second-order valence-electron chi connectivity index (χ2n) is 2.97. The molecule has 3 N–H and O–H groups in total. The number of hydrogen-bond acceptors (Lipinski definition) is 3. The summed E-state index contributed by atoms with van der Waals surface area (Å²) >= 11 is 0. The first-order valence-electron chi connectivity index (χ1n) is 3.79. The Morgan fingerprint density at radius 1 is 1.83 bits per heavy atom. The summed E-state index contributed by atoms with van der Waals surface area (Å²) in [4.78, 5) is 10.9. The summed E-state index contributed by atoms with van der Waals surface area (Å²) in [7, 11) is 0. The van der Waals surface area contributed by atoms with Crippen molar-refractivity contribution in [1.82, 2.24) is 0 Å². The molecule has 0 saturated carbocycles. The minimum absolute atomic E-state index is 0.00755. The van der Waals surface area contributed by atoms with Gasteiger partial charge in [0.2, 0.25) is 11.8 Å². The van der Waals surface area contributed by atoms with Gasteiger partial charge in [-0.05, 0) is 13.3 Å². The highest BCUT2D eigenvalue weighted by molar-refractivity contribution is 6.04. The van der Waals surface area contributed by atoms with Crippen LogP contribution in [0.4, 0.5) is 0 Å². The van der Waals surface area contributed by atoms with Crippen LogP contribution in [-0.2, 0) is 9.53 Å². The molecule has 0 aromatic rings. The molecule has 12 heavy (non-hydrogen) atoms. The predicted molar refractivity (Wildman–Crippen MR) is 44.8 cm³/mol. The fourth-order valence-corrected chi connectivity index (χ4v) is 1.21. The minimum atomic E-state index is -0.692. The number of carbonyl (C=O) groups excluding carboxylic acids is 1. The van der Waals surface area contributed by atoms with Gasteiger partial charge < -0.3 is 10.5 Å². The molecule has 0 radical (unpaired) electrons. The van der Waals surface area contributed by atoms with Gasteiger partial charge in [0.25, 0.3) is 0 Å². The van der Waals surface area contributed by atoms with Gasteiger partial charge in [-0.25, -0.2) is 0 Å². The summed E-state index contributed by atoms with van der Waals surface area (Å²) < 4.78 is 5.16. The first-order chi connectivity index (χ1) is 5.49. The second kappa shape index (κ2) is 2.62. The molecule has 66 valence electrons. The lowest BCUT2D eigenvalue weighted by Crippen LogP contribution is -2.33. The third-order valence-corrected chi connectivity index (χ3v) is 2.12. The number of nitrogens with one attached hydrogen (secondary N) is 1. The van der Waals surface area contributed by atoms with E-state index < -0.39 is 11.5 Å². The molecule has 4 heteroatoms. The molecule has 1 aliphatic heterocycles. The van der Waals surface area contributed by atoms with E-state index in [4.69, 9.17) is 15.9 Å². The van der Waals surface area contributed by atoms with E-state index in [2.05, 4.69) is 0 Å². The van der Waals surface area contributed by atoms with Crippen LogP contribution in [0.25, 0.3) is 0 Å². The van der Waals surface area contributed by atoms with Crippen molar-refractivity contribution in [3.63, 3.8) is 0 Å². The highest BCUT2D eigenvalue weighted by Gasteiger charge is 2.38. The highest BCUT2D eigenvalue weighted by atomic mass is 16.5. The largest absolute Gasteiger partial charge is 0.467 e. The molecule has 0 aromatic heterocycles. The van der Waals surface area contributed by atoms with Crippen LogP contribution in [0.3, 0.4) is 0 Å². The maximum atomic E-state index is 10.9. The fraction of sp³-hybridized carbons (Fsp3) is 0.500. The standard InChI is InChI=1S/C8H12N2O2/c1-3-8(2)5(7(10)11)4-6(9)12-8/h4,9H,3H2,1-2H3,(H2,10,11). The molecule has 1 heterocycles. The molecule has 0 fully saturated rings. The van der Waals surface area contributed by atoms with Crippen molar-refractivity contribution in [3.8, 4) is 0 Å². The van der Waals surface area contributed by atoms with Crippen molar-refractivity contribution < 1.29 is 9.53 Å². The van der Waals surface area contributed by atoms with E-state index in [0.717, 1.165) is 0 Å². The number of rotatable bonds is 2. The smallest absolute Gasteiger partial charge is 0.248 e. The van der Waals surface area contributed by atoms with Gasteiger partial charge >= 0.3 is 0 Å². The van der Waals surface area contributed by atoms with Crippen LogP contribution in [0, 0.1) is 5.41 Å². The van der Waals surface area contributed by atoms with Gasteiger partial charge in [0.15, 0.2) is 0 Å². The quantitative estimate of drug-likeness (QED) is 0.632. The predicted octanol–water partition coefficient (Wildman–Crippen LogP) is 0.574. The Bertz CT molecular complexity index is 270. The van der Waals surface area contributed by atoms with Gasteiger partial charge in [-0.2, -0.15) is 0 Å². The SMILES string of the molecule is CCC1(C)OC(=N)C=C1C(N)=O. The maximum Gasteiger partial charge on any atom is 0.248 e. The summed E-state index contributed by atoms with van der Waals surface area (Å²) in [6.45, 7) is 3.64. The van der Waals surface area contributed by atoms with Crippen molar-refractivity contribution >= 4 is 11.8 Å². The van der Waals surface area contributed by atoms with Crippen LogP contribution in [0.1, 0.15) is 20.3 Å². The maximum absolute atomic E-state index is 10.9. The first-order valence-corrected chi connectivity index (χ1v) is 3.79. The van der Waals surface area contributed by atoms with Gasteiger partial charge in [-0.3, -0.25) is 10.2 Å². The van der Waals surface area contributed by atoms with E-state index in [-0.39, 0.29) is 5.90 Å².